The van der Waals surface area contributed by atoms with Gasteiger partial charge in [-0.2, -0.15) is 0 Å². The van der Waals surface area contributed by atoms with Crippen molar-refractivity contribution in [3.05, 3.63) is 57.5 Å². The van der Waals surface area contributed by atoms with Crippen LogP contribution in [0.3, 0.4) is 0 Å². The molecule has 0 bridgehead atoms. The van der Waals surface area contributed by atoms with Gasteiger partial charge in [-0.3, -0.25) is 4.90 Å². The lowest BCUT2D eigenvalue weighted by atomic mass is 10.2. The highest BCUT2D eigenvalue weighted by molar-refractivity contribution is 9.10. The number of ether oxygens (including phenoxy) is 3. The first-order chi connectivity index (χ1) is 13.5. The minimum Gasteiger partial charge on any atom is -0.496 e. The summed E-state index contributed by atoms with van der Waals surface area (Å²) in [4.78, 5) is 7.01. The van der Waals surface area contributed by atoms with Crippen LogP contribution in [0.15, 0.2) is 46.3 Å². The Kier molecular flexibility index (Phi) is 6.93. The molecule has 0 aliphatic heterocycles. The van der Waals surface area contributed by atoms with Crippen LogP contribution < -0.4 is 14.2 Å². The summed E-state index contributed by atoms with van der Waals surface area (Å²) in [6.07, 6.45) is 0. The van der Waals surface area contributed by atoms with Crippen LogP contribution >= 0.6 is 27.3 Å². The van der Waals surface area contributed by atoms with Crippen LogP contribution in [-0.2, 0) is 13.1 Å². The Hall–Kier alpha value is -2.09. The van der Waals surface area contributed by atoms with E-state index in [2.05, 4.69) is 39.3 Å². The molecule has 1 aromatic heterocycles. The molecule has 0 unspecified atom stereocenters. The topological polar surface area (TPSA) is 43.8 Å². The summed E-state index contributed by atoms with van der Waals surface area (Å²) in [5.74, 6) is 2.31. The van der Waals surface area contributed by atoms with E-state index < -0.39 is 0 Å². The number of aromatic nitrogens is 1. The molecule has 0 spiro atoms. The van der Waals surface area contributed by atoms with Crippen LogP contribution in [0.4, 0.5) is 0 Å². The molecule has 0 radical (unpaired) electrons. The zero-order valence-electron chi connectivity index (χ0n) is 16.4. The summed E-state index contributed by atoms with van der Waals surface area (Å²) >= 11 is 5.16. The fourth-order valence-corrected chi connectivity index (χ4v) is 4.19. The first kappa shape index (κ1) is 20.6. The molecule has 0 amide bonds. The van der Waals surface area contributed by atoms with Crippen molar-refractivity contribution in [3.8, 4) is 27.8 Å². The minimum atomic E-state index is 0.704. The monoisotopic (exact) mass is 462 g/mol. The summed E-state index contributed by atoms with van der Waals surface area (Å²) < 4.78 is 17.2. The Bertz CT molecular complexity index is 945. The number of methoxy groups -OCH3 is 3. The lowest BCUT2D eigenvalue weighted by Gasteiger charge is -2.17. The second-order valence-electron chi connectivity index (χ2n) is 6.34. The zero-order valence-corrected chi connectivity index (χ0v) is 18.8. The molecule has 0 N–H and O–H groups in total. The number of nitrogens with zero attached hydrogens (tertiary/aromatic N) is 2. The molecule has 2 aromatic carbocycles. The molecule has 0 saturated heterocycles. The molecular formula is C21H23BrN2O3S. The van der Waals surface area contributed by atoms with Crippen molar-refractivity contribution in [3.63, 3.8) is 0 Å². The molecule has 0 fully saturated rings. The van der Waals surface area contributed by atoms with Gasteiger partial charge in [0.15, 0.2) is 11.5 Å². The van der Waals surface area contributed by atoms with Crippen LogP contribution in [-0.4, -0.2) is 38.3 Å². The van der Waals surface area contributed by atoms with Crippen molar-refractivity contribution in [2.24, 2.45) is 0 Å². The van der Waals surface area contributed by atoms with Crippen LogP contribution in [0.2, 0.25) is 0 Å². The summed E-state index contributed by atoms with van der Waals surface area (Å²) in [6, 6.07) is 11.9. The average Bonchev–Trinajstić information content (AvgIpc) is 3.15. The largest absolute Gasteiger partial charge is 0.496 e. The van der Waals surface area contributed by atoms with Crippen molar-refractivity contribution < 1.29 is 14.2 Å². The highest BCUT2D eigenvalue weighted by Crippen LogP contribution is 2.33. The molecule has 5 nitrogen and oxygen atoms in total. The van der Waals surface area contributed by atoms with Crippen molar-refractivity contribution in [1.29, 1.82) is 0 Å². The third-order valence-corrected chi connectivity index (χ3v) is 5.73. The third-order valence-electron chi connectivity index (χ3n) is 4.30. The van der Waals surface area contributed by atoms with Crippen LogP contribution in [0, 0.1) is 0 Å². The van der Waals surface area contributed by atoms with Gasteiger partial charge in [0.25, 0.3) is 0 Å². The maximum atomic E-state index is 5.47. The number of hydrogen-bond acceptors (Lipinski definition) is 6. The van der Waals surface area contributed by atoms with Gasteiger partial charge in [-0.05, 0) is 43.4 Å². The Morgan fingerprint density at radius 1 is 0.929 bits per heavy atom. The van der Waals surface area contributed by atoms with E-state index in [1.54, 1.807) is 32.7 Å². The van der Waals surface area contributed by atoms with Gasteiger partial charge >= 0.3 is 0 Å². The van der Waals surface area contributed by atoms with Crippen molar-refractivity contribution in [2.45, 2.75) is 13.1 Å². The van der Waals surface area contributed by atoms with Gasteiger partial charge in [-0.1, -0.05) is 15.9 Å². The Labute approximate surface area is 178 Å². The number of hydrogen-bond donors (Lipinski definition) is 0. The highest BCUT2D eigenvalue weighted by atomic mass is 79.9. The average molecular weight is 463 g/mol. The zero-order chi connectivity index (χ0) is 20.1. The van der Waals surface area contributed by atoms with Gasteiger partial charge < -0.3 is 14.2 Å². The molecule has 3 rings (SSSR count). The number of halogens is 1. The third kappa shape index (κ3) is 4.84. The van der Waals surface area contributed by atoms with E-state index in [0.717, 1.165) is 45.1 Å². The number of rotatable bonds is 8. The van der Waals surface area contributed by atoms with Gasteiger partial charge in [0.05, 0.1) is 27.0 Å². The van der Waals surface area contributed by atoms with Gasteiger partial charge in [0.2, 0.25) is 0 Å². The van der Waals surface area contributed by atoms with Gasteiger partial charge in [-0.25, -0.2) is 4.98 Å². The second kappa shape index (κ2) is 9.41. The Morgan fingerprint density at radius 2 is 1.64 bits per heavy atom. The van der Waals surface area contributed by atoms with E-state index in [-0.39, 0.29) is 0 Å². The summed E-state index contributed by atoms with van der Waals surface area (Å²) in [5, 5.41) is 3.06. The normalized spacial score (nSPS) is 10.9. The van der Waals surface area contributed by atoms with E-state index in [0.29, 0.717) is 11.5 Å². The van der Waals surface area contributed by atoms with E-state index in [9.17, 15) is 0 Å². The lowest BCUT2D eigenvalue weighted by Crippen LogP contribution is -2.18. The maximum Gasteiger partial charge on any atom is 0.161 e. The van der Waals surface area contributed by atoms with Crippen LogP contribution in [0.1, 0.15) is 11.3 Å². The molecule has 1 heterocycles. The maximum absolute atomic E-state index is 5.47. The minimum absolute atomic E-state index is 0.704. The second-order valence-corrected chi connectivity index (χ2v) is 8.12. The molecule has 7 heteroatoms. The predicted octanol–water partition coefficient (Wildman–Crippen LogP) is 5.23. The SMILES string of the molecule is COc1ccc(Br)cc1CN(C)Cc1csc(-c2ccc(OC)c(OC)c2)n1. The highest BCUT2D eigenvalue weighted by Gasteiger charge is 2.12. The van der Waals surface area contributed by atoms with Crippen molar-refractivity contribution in [1.82, 2.24) is 9.88 Å². The molecule has 0 aliphatic rings. The molecule has 28 heavy (non-hydrogen) atoms. The predicted molar refractivity (Wildman–Crippen MR) is 117 cm³/mol. The smallest absolute Gasteiger partial charge is 0.161 e. The molecule has 0 saturated carbocycles. The summed E-state index contributed by atoms with van der Waals surface area (Å²) in [7, 11) is 7.05. The molecular weight excluding hydrogens is 440 g/mol. The Balaban J connectivity index is 1.72. The number of benzene rings is 2. The summed E-state index contributed by atoms with van der Waals surface area (Å²) in [5.41, 5.74) is 3.19. The molecule has 3 aromatic rings. The van der Waals surface area contributed by atoms with Crippen LogP contribution in [0.25, 0.3) is 10.6 Å². The molecule has 0 aliphatic carbocycles. The van der Waals surface area contributed by atoms with E-state index in [1.807, 2.05) is 30.3 Å². The van der Waals surface area contributed by atoms with E-state index >= 15 is 0 Å². The quantitative estimate of drug-likeness (QED) is 0.458. The Morgan fingerprint density at radius 3 is 2.36 bits per heavy atom. The molecule has 0 atom stereocenters. The van der Waals surface area contributed by atoms with E-state index in [1.165, 1.54) is 0 Å². The van der Waals surface area contributed by atoms with Crippen molar-refractivity contribution >= 4 is 27.3 Å². The van der Waals surface area contributed by atoms with Gasteiger partial charge in [0.1, 0.15) is 10.8 Å². The van der Waals surface area contributed by atoms with Crippen LogP contribution in [0.5, 0.6) is 17.2 Å². The van der Waals surface area contributed by atoms with Crippen molar-refractivity contribution in [2.75, 3.05) is 28.4 Å². The van der Waals surface area contributed by atoms with E-state index in [4.69, 9.17) is 19.2 Å². The lowest BCUT2D eigenvalue weighted by molar-refractivity contribution is 0.307. The first-order valence-electron chi connectivity index (χ1n) is 8.71. The fourth-order valence-electron chi connectivity index (χ4n) is 2.98. The van der Waals surface area contributed by atoms with Gasteiger partial charge in [0, 0.05) is 34.1 Å². The fraction of sp³-hybridized carbons (Fsp3) is 0.286. The van der Waals surface area contributed by atoms with Gasteiger partial charge in [-0.15, -0.1) is 11.3 Å². The summed E-state index contributed by atoms with van der Waals surface area (Å²) in [6.45, 7) is 1.52. The molecule has 148 valence electrons. The first-order valence-corrected chi connectivity index (χ1v) is 10.4. The standard InChI is InChI=1S/C21H23BrN2O3S/c1-24(11-15-9-16(22)6-8-18(15)25-2)12-17-13-28-21(23-17)14-5-7-19(26-3)20(10-14)27-4/h5-10,13H,11-12H2,1-4H3. The number of thiazole rings is 1.